The van der Waals surface area contributed by atoms with Crippen molar-refractivity contribution in [1.29, 1.82) is 0 Å². The first kappa shape index (κ1) is 18.2. The van der Waals surface area contributed by atoms with Crippen molar-refractivity contribution in [2.45, 2.75) is 45.4 Å². The lowest BCUT2D eigenvalue weighted by molar-refractivity contribution is -0.0503. The third-order valence-corrected chi connectivity index (χ3v) is 7.39. The van der Waals surface area contributed by atoms with Gasteiger partial charge in [-0.15, -0.1) is 0 Å². The van der Waals surface area contributed by atoms with Crippen molar-refractivity contribution in [3.8, 4) is 11.3 Å². The molecule has 1 aromatic heterocycles. The van der Waals surface area contributed by atoms with Crippen LogP contribution < -0.4 is 5.32 Å². The maximum absolute atomic E-state index is 14.4. The molecule has 148 valence electrons. The molecule has 4 saturated carbocycles. The Balaban J connectivity index is 1.39. The largest absolute Gasteiger partial charge is 0.360 e. The first-order valence-electron chi connectivity index (χ1n) is 10.1. The summed E-state index contributed by atoms with van der Waals surface area (Å²) >= 11 is 6.18. The van der Waals surface area contributed by atoms with Gasteiger partial charge in [-0.3, -0.25) is 4.79 Å². The van der Waals surface area contributed by atoms with Crippen molar-refractivity contribution in [2.75, 3.05) is 6.54 Å². The molecule has 1 heterocycles. The minimum Gasteiger partial charge on any atom is -0.360 e. The summed E-state index contributed by atoms with van der Waals surface area (Å²) in [6.45, 7) is 2.34. The molecular weight excluding hydrogens is 379 g/mol. The summed E-state index contributed by atoms with van der Waals surface area (Å²) in [6, 6.07) is 4.42. The number of benzene rings is 1. The fourth-order valence-corrected chi connectivity index (χ4v) is 6.65. The van der Waals surface area contributed by atoms with Gasteiger partial charge in [0.25, 0.3) is 5.91 Å². The molecule has 4 bridgehead atoms. The van der Waals surface area contributed by atoms with Crippen molar-refractivity contribution in [3.63, 3.8) is 0 Å². The standard InChI is InChI=1S/C22H24ClFN2O2/c1-12-18(20(26-28-12)19-16(23)3-2-4-17(19)24)21(27)25-11-22-8-13-5-14(9-22)7-15(6-13)10-22/h2-4,13-15H,5-11H2,1H3,(H,25,27). The van der Waals surface area contributed by atoms with Gasteiger partial charge in [-0.2, -0.15) is 0 Å². The van der Waals surface area contributed by atoms with E-state index in [-0.39, 0.29) is 33.2 Å². The van der Waals surface area contributed by atoms with Crippen LogP contribution in [-0.4, -0.2) is 17.6 Å². The van der Waals surface area contributed by atoms with Crippen LogP contribution in [0.2, 0.25) is 5.02 Å². The molecule has 0 aliphatic heterocycles. The van der Waals surface area contributed by atoms with Gasteiger partial charge in [0.2, 0.25) is 0 Å². The Kier molecular flexibility index (Phi) is 4.27. The minimum atomic E-state index is -0.518. The van der Waals surface area contributed by atoms with Crippen molar-refractivity contribution in [2.24, 2.45) is 23.2 Å². The Morgan fingerprint density at radius 2 is 1.89 bits per heavy atom. The van der Waals surface area contributed by atoms with Gasteiger partial charge in [-0.25, -0.2) is 4.39 Å². The van der Waals surface area contributed by atoms with Gasteiger partial charge in [0.05, 0.1) is 10.6 Å². The van der Waals surface area contributed by atoms with E-state index in [0.717, 1.165) is 17.8 Å². The molecule has 28 heavy (non-hydrogen) atoms. The summed E-state index contributed by atoms with van der Waals surface area (Å²) in [4.78, 5) is 13.1. The highest BCUT2D eigenvalue weighted by Crippen LogP contribution is 2.59. The van der Waals surface area contributed by atoms with E-state index in [1.807, 2.05) is 0 Å². The Labute approximate surface area is 168 Å². The van der Waals surface area contributed by atoms with Gasteiger partial charge in [0, 0.05) is 6.54 Å². The van der Waals surface area contributed by atoms with E-state index in [0.29, 0.717) is 12.3 Å². The van der Waals surface area contributed by atoms with Crippen LogP contribution in [0, 0.1) is 35.9 Å². The fraction of sp³-hybridized carbons (Fsp3) is 0.545. The van der Waals surface area contributed by atoms with E-state index in [4.69, 9.17) is 16.1 Å². The van der Waals surface area contributed by atoms with Crippen molar-refractivity contribution in [3.05, 3.63) is 40.4 Å². The van der Waals surface area contributed by atoms with Crippen LogP contribution in [-0.2, 0) is 0 Å². The summed E-state index contributed by atoms with van der Waals surface area (Å²) in [7, 11) is 0. The number of nitrogens with zero attached hydrogens (tertiary/aromatic N) is 1. The number of halogens is 2. The third-order valence-electron chi connectivity index (χ3n) is 7.08. The zero-order valence-corrected chi connectivity index (χ0v) is 16.7. The molecule has 0 spiro atoms. The summed E-state index contributed by atoms with van der Waals surface area (Å²) in [5.41, 5.74) is 0.784. The molecule has 1 amide bonds. The SMILES string of the molecule is Cc1onc(-c2c(F)cccc2Cl)c1C(=O)NCC12CC3CC(CC(C3)C1)C2. The predicted molar refractivity (Wildman–Crippen MR) is 105 cm³/mol. The first-order valence-corrected chi connectivity index (χ1v) is 10.5. The monoisotopic (exact) mass is 402 g/mol. The van der Waals surface area contributed by atoms with E-state index in [1.165, 1.54) is 50.7 Å². The summed E-state index contributed by atoms with van der Waals surface area (Å²) in [5, 5.41) is 7.28. The number of carbonyl (C=O) groups excluding carboxylic acids is 1. The first-order chi connectivity index (χ1) is 13.4. The van der Waals surface area contributed by atoms with Crippen molar-refractivity contribution < 1.29 is 13.7 Å². The number of hydrogen-bond acceptors (Lipinski definition) is 3. The summed E-state index contributed by atoms with van der Waals surface area (Å²) < 4.78 is 19.6. The van der Waals surface area contributed by atoms with Gasteiger partial charge in [0.15, 0.2) is 0 Å². The highest BCUT2D eigenvalue weighted by atomic mass is 35.5. The molecule has 4 nitrogen and oxygen atoms in total. The lowest BCUT2D eigenvalue weighted by Crippen LogP contribution is -2.51. The molecule has 0 saturated heterocycles. The van der Waals surface area contributed by atoms with Crippen LogP contribution in [0.3, 0.4) is 0 Å². The highest BCUT2D eigenvalue weighted by molar-refractivity contribution is 6.33. The second-order valence-corrected chi connectivity index (χ2v) is 9.57. The van der Waals surface area contributed by atoms with Crippen LogP contribution in [0.4, 0.5) is 4.39 Å². The number of rotatable bonds is 4. The average molecular weight is 403 g/mol. The fourth-order valence-electron chi connectivity index (χ4n) is 6.40. The Bertz CT molecular complexity index is 883. The van der Waals surface area contributed by atoms with E-state index in [9.17, 15) is 9.18 Å². The van der Waals surface area contributed by atoms with Crippen LogP contribution in [0.15, 0.2) is 22.7 Å². The third kappa shape index (κ3) is 2.95. The molecule has 4 fully saturated rings. The Morgan fingerprint density at radius 1 is 1.25 bits per heavy atom. The smallest absolute Gasteiger partial charge is 0.257 e. The number of amides is 1. The van der Waals surface area contributed by atoms with E-state index >= 15 is 0 Å². The Morgan fingerprint density at radius 3 is 2.50 bits per heavy atom. The molecule has 0 atom stereocenters. The predicted octanol–water partition coefficient (Wildman–Crippen LogP) is 5.39. The lowest BCUT2D eigenvalue weighted by Gasteiger charge is -2.56. The minimum absolute atomic E-state index is 0.112. The van der Waals surface area contributed by atoms with Crippen LogP contribution in [0.25, 0.3) is 11.3 Å². The number of aryl methyl sites for hydroxylation is 1. The van der Waals surface area contributed by atoms with Crippen LogP contribution >= 0.6 is 11.6 Å². The summed E-state index contributed by atoms with van der Waals surface area (Å²) in [5.74, 6) is 2.08. The number of nitrogens with one attached hydrogen (secondary N) is 1. The van der Waals surface area contributed by atoms with Gasteiger partial charge in [-0.05, 0) is 80.8 Å². The van der Waals surface area contributed by atoms with E-state index < -0.39 is 5.82 Å². The molecule has 2 aromatic rings. The van der Waals surface area contributed by atoms with Gasteiger partial charge < -0.3 is 9.84 Å². The molecule has 0 radical (unpaired) electrons. The zero-order chi connectivity index (χ0) is 19.5. The van der Waals surface area contributed by atoms with Crippen molar-refractivity contribution in [1.82, 2.24) is 10.5 Å². The zero-order valence-electron chi connectivity index (χ0n) is 15.9. The maximum Gasteiger partial charge on any atom is 0.257 e. The average Bonchev–Trinajstić information content (AvgIpc) is 3.00. The lowest BCUT2D eigenvalue weighted by atomic mass is 9.49. The molecular formula is C22H24ClFN2O2. The van der Waals surface area contributed by atoms with Gasteiger partial charge in [0.1, 0.15) is 22.8 Å². The van der Waals surface area contributed by atoms with Crippen LogP contribution in [0.5, 0.6) is 0 Å². The molecule has 0 unspecified atom stereocenters. The Hall–Kier alpha value is -1.88. The molecule has 4 aliphatic rings. The number of hydrogen-bond donors (Lipinski definition) is 1. The van der Waals surface area contributed by atoms with Crippen molar-refractivity contribution >= 4 is 17.5 Å². The molecule has 1 aromatic carbocycles. The quantitative estimate of drug-likeness (QED) is 0.746. The summed E-state index contributed by atoms with van der Waals surface area (Å²) in [6.07, 6.45) is 7.76. The topological polar surface area (TPSA) is 55.1 Å². The van der Waals surface area contributed by atoms with E-state index in [1.54, 1.807) is 13.0 Å². The molecule has 1 N–H and O–H groups in total. The highest BCUT2D eigenvalue weighted by Gasteiger charge is 2.50. The van der Waals surface area contributed by atoms with E-state index in [2.05, 4.69) is 10.5 Å². The normalized spacial score (nSPS) is 30.6. The second kappa shape index (κ2) is 6.58. The molecule has 6 rings (SSSR count). The number of aromatic nitrogens is 1. The number of carbonyl (C=O) groups is 1. The second-order valence-electron chi connectivity index (χ2n) is 9.16. The molecule has 6 heteroatoms. The maximum atomic E-state index is 14.4. The van der Waals surface area contributed by atoms with Gasteiger partial charge >= 0.3 is 0 Å². The molecule has 4 aliphatic carbocycles. The van der Waals surface area contributed by atoms with Gasteiger partial charge in [-0.1, -0.05) is 22.8 Å². The van der Waals surface area contributed by atoms with Crippen LogP contribution in [0.1, 0.15) is 54.6 Å².